The number of carbonyl (C=O) groups excluding carboxylic acids is 1. The molecule has 2 aromatic carbocycles. The number of ether oxygens (including phenoxy) is 2. The second-order valence-electron chi connectivity index (χ2n) is 6.33. The zero-order valence-electron chi connectivity index (χ0n) is 16.1. The van der Waals surface area contributed by atoms with Gasteiger partial charge in [-0.25, -0.2) is 0 Å². The standard InChI is InChI=1S/C23H24N2O3/c1-27-21-14-13-20(23(25-21)28-2)22(26)24-16-15-19(17-9-5-3-6-10-17)18-11-7-4-8-12-18/h3-14,19H,15-16H2,1-2H3,(H,24,26). The number of rotatable bonds is 8. The topological polar surface area (TPSA) is 60.5 Å². The molecule has 0 aliphatic rings. The monoisotopic (exact) mass is 376 g/mol. The normalized spacial score (nSPS) is 10.5. The van der Waals surface area contributed by atoms with Gasteiger partial charge in [-0.3, -0.25) is 4.79 Å². The average molecular weight is 376 g/mol. The van der Waals surface area contributed by atoms with Gasteiger partial charge in [0.15, 0.2) is 0 Å². The molecule has 144 valence electrons. The fourth-order valence-corrected chi connectivity index (χ4v) is 3.19. The van der Waals surface area contributed by atoms with E-state index in [-0.39, 0.29) is 17.7 Å². The van der Waals surface area contributed by atoms with Gasteiger partial charge in [-0.1, -0.05) is 60.7 Å². The molecule has 5 heteroatoms. The summed E-state index contributed by atoms with van der Waals surface area (Å²) in [5.41, 5.74) is 2.84. The first-order valence-electron chi connectivity index (χ1n) is 9.20. The van der Waals surface area contributed by atoms with Crippen molar-refractivity contribution in [2.75, 3.05) is 20.8 Å². The lowest BCUT2D eigenvalue weighted by Crippen LogP contribution is -2.26. The smallest absolute Gasteiger partial charge is 0.256 e. The summed E-state index contributed by atoms with van der Waals surface area (Å²) in [6.07, 6.45) is 0.783. The number of amides is 1. The predicted molar refractivity (Wildman–Crippen MR) is 109 cm³/mol. The van der Waals surface area contributed by atoms with Crippen LogP contribution in [0.4, 0.5) is 0 Å². The molecule has 0 spiro atoms. The largest absolute Gasteiger partial charge is 0.481 e. The summed E-state index contributed by atoms with van der Waals surface area (Å²) >= 11 is 0. The van der Waals surface area contributed by atoms with E-state index in [4.69, 9.17) is 9.47 Å². The van der Waals surface area contributed by atoms with Crippen LogP contribution in [0.2, 0.25) is 0 Å². The van der Waals surface area contributed by atoms with E-state index < -0.39 is 0 Å². The summed E-state index contributed by atoms with van der Waals surface area (Å²) in [5.74, 6) is 0.645. The summed E-state index contributed by atoms with van der Waals surface area (Å²) in [4.78, 5) is 16.8. The minimum atomic E-state index is -0.216. The van der Waals surface area contributed by atoms with Crippen molar-refractivity contribution < 1.29 is 14.3 Å². The van der Waals surface area contributed by atoms with Crippen molar-refractivity contribution >= 4 is 5.91 Å². The molecule has 1 amide bonds. The molecule has 28 heavy (non-hydrogen) atoms. The van der Waals surface area contributed by atoms with Crippen LogP contribution in [-0.4, -0.2) is 31.7 Å². The summed E-state index contributed by atoms with van der Waals surface area (Å²) in [7, 11) is 3.01. The van der Waals surface area contributed by atoms with E-state index in [9.17, 15) is 4.79 Å². The number of methoxy groups -OCH3 is 2. The number of benzene rings is 2. The Morgan fingerprint density at radius 2 is 1.50 bits per heavy atom. The van der Waals surface area contributed by atoms with Crippen LogP contribution in [-0.2, 0) is 0 Å². The third kappa shape index (κ3) is 4.68. The number of carbonyl (C=O) groups is 1. The molecule has 0 unspecified atom stereocenters. The third-order valence-electron chi connectivity index (χ3n) is 4.60. The fraction of sp³-hybridized carbons (Fsp3) is 0.217. The number of pyridine rings is 1. The first-order valence-corrected chi connectivity index (χ1v) is 9.20. The highest BCUT2D eigenvalue weighted by atomic mass is 16.5. The molecule has 1 heterocycles. The highest BCUT2D eigenvalue weighted by Crippen LogP contribution is 2.27. The van der Waals surface area contributed by atoms with Crippen molar-refractivity contribution in [2.45, 2.75) is 12.3 Å². The maximum absolute atomic E-state index is 12.6. The van der Waals surface area contributed by atoms with Gasteiger partial charge in [0.05, 0.1) is 14.2 Å². The molecule has 0 bridgehead atoms. The molecular formula is C23H24N2O3. The van der Waals surface area contributed by atoms with E-state index in [1.807, 2.05) is 36.4 Å². The molecule has 0 saturated heterocycles. The number of hydrogen-bond donors (Lipinski definition) is 1. The number of nitrogens with one attached hydrogen (secondary N) is 1. The lowest BCUT2D eigenvalue weighted by atomic mass is 9.88. The number of nitrogens with zero attached hydrogens (tertiary/aromatic N) is 1. The van der Waals surface area contributed by atoms with Crippen molar-refractivity contribution in [3.8, 4) is 11.8 Å². The zero-order chi connectivity index (χ0) is 19.8. The Bertz CT molecular complexity index is 859. The van der Waals surface area contributed by atoms with Crippen molar-refractivity contribution in [2.24, 2.45) is 0 Å². The van der Waals surface area contributed by atoms with Crippen molar-refractivity contribution in [1.29, 1.82) is 0 Å². The quantitative estimate of drug-likeness (QED) is 0.644. The summed E-state index contributed by atoms with van der Waals surface area (Å²) in [6, 6.07) is 24.0. The lowest BCUT2D eigenvalue weighted by molar-refractivity contribution is 0.0949. The molecule has 3 aromatic rings. The molecule has 1 aromatic heterocycles. The Balaban J connectivity index is 1.70. The van der Waals surface area contributed by atoms with Crippen LogP contribution in [0.5, 0.6) is 11.8 Å². The Labute approximate surface area is 165 Å². The molecule has 1 N–H and O–H groups in total. The van der Waals surface area contributed by atoms with Crippen LogP contribution >= 0.6 is 0 Å². The highest BCUT2D eigenvalue weighted by molar-refractivity contribution is 5.96. The third-order valence-corrected chi connectivity index (χ3v) is 4.60. The molecule has 0 radical (unpaired) electrons. The van der Waals surface area contributed by atoms with E-state index in [1.54, 1.807) is 12.1 Å². The molecule has 0 atom stereocenters. The fourth-order valence-electron chi connectivity index (χ4n) is 3.19. The molecule has 3 rings (SSSR count). The molecule has 0 aliphatic carbocycles. The minimum Gasteiger partial charge on any atom is -0.481 e. The summed E-state index contributed by atoms with van der Waals surface area (Å²) in [5, 5.41) is 2.98. The van der Waals surface area contributed by atoms with Crippen molar-refractivity contribution in [1.82, 2.24) is 10.3 Å². The first kappa shape index (κ1) is 19.4. The number of hydrogen-bond acceptors (Lipinski definition) is 4. The Morgan fingerprint density at radius 3 is 2.04 bits per heavy atom. The number of aromatic nitrogens is 1. The van der Waals surface area contributed by atoms with Gasteiger partial charge in [0, 0.05) is 18.5 Å². The van der Waals surface area contributed by atoms with E-state index in [1.165, 1.54) is 25.3 Å². The molecular weight excluding hydrogens is 352 g/mol. The average Bonchev–Trinajstić information content (AvgIpc) is 2.77. The SMILES string of the molecule is COc1ccc(C(=O)NCCC(c2ccccc2)c2ccccc2)c(OC)n1. The van der Waals surface area contributed by atoms with Crippen LogP contribution in [0.1, 0.15) is 33.8 Å². The van der Waals surface area contributed by atoms with Gasteiger partial charge in [0.1, 0.15) is 5.56 Å². The van der Waals surface area contributed by atoms with Gasteiger partial charge in [0.25, 0.3) is 5.91 Å². The maximum Gasteiger partial charge on any atom is 0.256 e. The van der Waals surface area contributed by atoms with Crippen LogP contribution in [0.25, 0.3) is 0 Å². The molecule has 0 saturated carbocycles. The maximum atomic E-state index is 12.6. The van der Waals surface area contributed by atoms with Gasteiger partial charge in [-0.15, -0.1) is 0 Å². The summed E-state index contributed by atoms with van der Waals surface area (Å²) in [6.45, 7) is 0.530. The Hall–Kier alpha value is -3.34. The van der Waals surface area contributed by atoms with E-state index in [2.05, 4.69) is 34.6 Å². The Kier molecular flexibility index (Phi) is 6.63. The highest BCUT2D eigenvalue weighted by Gasteiger charge is 2.17. The van der Waals surface area contributed by atoms with Crippen LogP contribution < -0.4 is 14.8 Å². The molecule has 5 nitrogen and oxygen atoms in total. The minimum absolute atomic E-state index is 0.207. The van der Waals surface area contributed by atoms with Crippen molar-refractivity contribution in [3.63, 3.8) is 0 Å². The van der Waals surface area contributed by atoms with Gasteiger partial charge in [-0.2, -0.15) is 4.98 Å². The van der Waals surface area contributed by atoms with Gasteiger partial charge >= 0.3 is 0 Å². The molecule has 0 fully saturated rings. The lowest BCUT2D eigenvalue weighted by Gasteiger charge is -2.18. The van der Waals surface area contributed by atoms with Gasteiger partial charge in [-0.05, 0) is 23.6 Å². The molecule has 0 aliphatic heterocycles. The van der Waals surface area contributed by atoms with Crippen molar-refractivity contribution in [3.05, 3.63) is 89.5 Å². The van der Waals surface area contributed by atoms with Gasteiger partial charge < -0.3 is 14.8 Å². The Morgan fingerprint density at radius 1 is 0.893 bits per heavy atom. The zero-order valence-corrected chi connectivity index (χ0v) is 16.1. The van der Waals surface area contributed by atoms with Crippen LogP contribution in [0.3, 0.4) is 0 Å². The second-order valence-corrected chi connectivity index (χ2v) is 6.33. The van der Waals surface area contributed by atoms with Gasteiger partial charge in [0.2, 0.25) is 11.8 Å². The van der Waals surface area contributed by atoms with E-state index in [0.717, 1.165) is 6.42 Å². The van der Waals surface area contributed by atoms with E-state index >= 15 is 0 Å². The van der Waals surface area contributed by atoms with Crippen LogP contribution in [0, 0.1) is 0 Å². The first-order chi connectivity index (χ1) is 13.7. The summed E-state index contributed by atoms with van der Waals surface area (Å²) < 4.78 is 10.3. The van der Waals surface area contributed by atoms with Crippen LogP contribution in [0.15, 0.2) is 72.8 Å². The second kappa shape index (κ2) is 9.55. The predicted octanol–water partition coefficient (Wildman–Crippen LogP) is 4.05. The van der Waals surface area contributed by atoms with E-state index in [0.29, 0.717) is 18.0 Å².